The third kappa shape index (κ3) is 16.8. The van der Waals surface area contributed by atoms with Gasteiger partial charge in [-0.2, -0.15) is 8.42 Å². The van der Waals surface area contributed by atoms with Gasteiger partial charge in [-0.15, -0.1) is 0 Å². The predicted octanol–water partition coefficient (Wildman–Crippen LogP) is 0.644. The lowest BCUT2D eigenvalue weighted by atomic mass is 10.0. The summed E-state index contributed by atoms with van der Waals surface area (Å²) in [6, 6.07) is 8.56. The number of anilines is 1. The van der Waals surface area contributed by atoms with Gasteiger partial charge in [0.05, 0.1) is 50.1 Å². The number of carbonyl (C=O) groups excluding carboxylic acids is 3. The van der Waals surface area contributed by atoms with Crippen LogP contribution >= 0.6 is 15.5 Å². The van der Waals surface area contributed by atoms with E-state index in [9.17, 15) is 47.7 Å². The predicted molar refractivity (Wildman–Crippen MR) is 183 cm³/mol. The summed E-state index contributed by atoms with van der Waals surface area (Å²) < 4.78 is 52.3. The molecule has 8 N–H and O–H groups in total. The molecule has 22 heteroatoms. The minimum Gasteiger partial charge on any atom is -0.550 e. The summed E-state index contributed by atoms with van der Waals surface area (Å²) >= 11 is 0. The molecule has 0 radical (unpaired) electrons. The van der Waals surface area contributed by atoms with Crippen molar-refractivity contribution in [3.8, 4) is 0 Å². The maximum absolute atomic E-state index is 13.3. The molecule has 0 aliphatic carbocycles. The molecule has 0 saturated carbocycles. The van der Waals surface area contributed by atoms with Gasteiger partial charge in [0.25, 0.3) is 10.0 Å². The SMILES string of the molecule is CC[n+]1ccccc1N=P(O)(O)OCC(CCCCN)COP(O)(=NS(=O)(=O)c1ccc(NC(C)=O)cc1)OCC(CO)NC(=O)CCC(=O)[O-]. The summed E-state index contributed by atoms with van der Waals surface area (Å²) in [5.74, 6) is -3.12. The van der Waals surface area contributed by atoms with Gasteiger partial charge in [0.1, 0.15) is 0 Å². The molecule has 286 valence electrons. The first-order valence-corrected chi connectivity index (χ1v) is 20.3. The van der Waals surface area contributed by atoms with Crippen LogP contribution in [0.1, 0.15) is 46.0 Å². The van der Waals surface area contributed by atoms with Gasteiger partial charge in [-0.05, 0) is 63.1 Å². The Morgan fingerprint density at radius 3 is 2.27 bits per heavy atom. The van der Waals surface area contributed by atoms with Crippen molar-refractivity contribution in [2.75, 3.05) is 38.3 Å². The highest BCUT2D eigenvalue weighted by Gasteiger charge is 2.30. The Morgan fingerprint density at radius 2 is 1.67 bits per heavy atom. The molecule has 0 saturated heterocycles. The highest BCUT2D eigenvalue weighted by molar-refractivity contribution is 7.93. The van der Waals surface area contributed by atoms with Gasteiger partial charge in [0, 0.05) is 41.7 Å². The number of nitrogens with two attached hydrogens (primary N) is 1. The van der Waals surface area contributed by atoms with Crippen molar-refractivity contribution in [1.29, 1.82) is 0 Å². The van der Waals surface area contributed by atoms with Crippen LogP contribution in [-0.2, 0) is 44.5 Å². The smallest absolute Gasteiger partial charge is 0.468 e. The number of nitrogens with one attached hydrogen (secondary N) is 2. The van der Waals surface area contributed by atoms with E-state index in [1.165, 1.54) is 19.1 Å². The van der Waals surface area contributed by atoms with Crippen molar-refractivity contribution in [3.63, 3.8) is 0 Å². The average molecular weight is 781 g/mol. The lowest BCUT2D eigenvalue weighted by Gasteiger charge is -2.24. The number of aliphatic hydroxyl groups is 1. The van der Waals surface area contributed by atoms with Crippen molar-refractivity contribution in [1.82, 2.24) is 5.32 Å². The number of nitrogens with zero attached hydrogens (tertiary/aromatic N) is 3. The summed E-state index contributed by atoms with van der Waals surface area (Å²) in [6.45, 7) is 1.62. The summed E-state index contributed by atoms with van der Waals surface area (Å²) in [5, 5.41) is 25.3. The fourth-order valence-corrected chi connectivity index (χ4v) is 8.30. The lowest BCUT2D eigenvalue weighted by molar-refractivity contribution is -0.680. The van der Waals surface area contributed by atoms with Crippen molar-refractivity contribution >= 4 is 54.8 Å². The summed E-state index contributed by atoms with van der Waals surface area (Å²) in [5.41, 5.74) is 5.91. The monoisotopic (exact) mass is 780 g/mol. The van der Waals surface area contributed by atoms with Crippen molar-refractivity contribution in [2.24, 2.45) is 20.5 Å². The van der Waals surface area contributed by atoms with Gasteiger partial charge in [-0.3, -0.25) is 28.4 Å². The summed E-state index contributed by atoms with van der Waals surface area (Å²) in [4.78, 5) is 66.5. The quantitative estimate of drug-likeness (QED) is 0.0463. The topological polar surface area (TPSA) is 296 Å². The number of carboxylic acids is 1. The lowest BCUT2D eigenvalue weighted by Crippen LogP contribution is -2.41. The Morgan fingerprint density at radius 1 is 1.00 bits per heavy atom. The van der Waals surface area contributed by atoms with E-state index in [0.29, 0.717) is 32.4 Å². The van der Waals surface area contributed by atoms with Gasteiger partial charge in [0.15, 0.2) is 0 Å². The Bertz CT molecular complexity index is 1670. The molecule has 2 rings (SSSR count). The van der Waals surface area contributed by atoms with Crippen LogP contribution in [-0.4, -0.2) is 85.0 Å². The number of benzene rings is 1. The molecule has 1 aromatic carbocycles. The summed E-state index contributed by atoms with van der Waals surface area (Å²) in [7, 11) is -13.8. The zero-order valence-corrected chi connectivity index (χ0v) is 30.8. The van der Waals surface area contributed by atoms with Gasteiger partial charge in [-0.1, -0.05) is 16.6 Å². The minimum absolute atomic E-state index is 0.252. The van der Waals surface area contributed by atoms with Crippen LogP contribution in [0, 0.1) is 5.92 Å². The molecule has 1 heterocycles. The zero-order valence-electron chi connectivity index (χ0n) is 28.2. The van der Waals surface area contributed by atoms with E-state index in [1.807, 2.05) is 6.92 Å². The maximum Gasteiger partial charge on any atom is 0.468 e. The van der Waals surface area contributed by atoms with E-state index in [2.05, 4.69) is 19.5 Å². The van der Waals surface area contributed by atoms with Crippen LogP contribution in [0.2, 0.25) is 0 Å². The second-order valence-electron chi connectivity index (χ2n) is 11.1. The molecule has 0 aliphatic heterocycles. The molecular weight excluding hydrogens is 734 g/mol. The Labute approximate surface area is 296 Å². The third-order valence-corrected chi connectivity index (χ3v) is 11.3. The molecule has 2 amide bonds. The summed E-state index contributed by atoms with van der Waals surface area (Å²) in [6.07, 6.45) is 2.00. The van der Waals surface area contributed by atoms with Gasteiger partial charge in [-0.25, -0.2) is 4.57 Å². The molecule has 3 atom stereocenters. The average Bonchev–Trinajstić information content (AvgIpc) is 3.06. The van der Waals surface area contributed by atoms with Crippen molar-refractivity contribution in [2.45, 2.75) is 63.4 Å². The molecule has 51 heavy (non-hydrogen) atoms. The number of pyridine rings is 1. The molecule has 0 bridgehead atoms. The largest absolute Gasteiger partial charge is 0.550 e. The molecule has 0 aliphatic rings. The molecule has 0 spiro atoms. The fourth-order valence-electron chi connectivity index (χ4n) is 4.21. The van der Waals surface area contributed by atoms with Crippen LogP contribution < -0.4 is 26.0 Å². The van der Waals surface area contributed by atoms with Gasteiger partial charge >= 0.3 is 21.3 Å². The number of hydrogen-bond donors (Lipinski definition) is 7. The van der Waals surface area contributed by atoms with Gasteiger partial charge < -0.3 is 40.8 Å². The van der Waals surface area contributed by atoms with E-state index in [4.69, 9.17) is 19.3 Å². The number of amides is 2. The van der Waals surface area contributed by atoms with Crippen LogP contribution in [0.15, 0.2) is 62.5 Å². The molecule has 1 aromatic heterocycles. The Balaban J connectivity index is 2.39. The number of aryl methyl sites for hydroxylation is 1. The number of carboxylic acid groups (broad SMARTS) is 1. The van der Waals surface area contributed by atoms with Crippen molar-refractivity contribution < 1.29 is 65.8 Å². The van der Waals surface area contributed by atoms with Crippen molar-refractivity contribution in [3.05, 3.63) is 48.7 Å². The second-order valence-corrected chi connectivity index (χ2v) is 16.1. The van der Waals surface area contributed by atoms with E-state index >= 15 is 0 Å². The standard InChI is InChI=1S/C29H46N6O13P2S/c1-3-35-17-7-5-9-27(35)33-49(41,42)46-19-23(8-4-6-16-30)20-47-50(43,48-21-25(18-36)32-28(38)14-15-29(39)40)34-51(44,45)26-12-10-24(11-13-26)31-22(2)37/h5,7,9-13,17,23,25,36H,3-4,6,8,14-16,18-21,30H2,1-2H3,(H5-,31,32,37,38,39,40,41,42,43). The van der Waals surface area contributed by atoms with Gasteiger partial charge in [0.2, 0.25) is 11.8 Å². The number of carbonyl (C=O) groups is 3. The number of aromatic nitrogens is 1. The zero-order chi connectivity index (χ0) is 38.1. The van der Waals surface area contributed by atoms with Crippen LogP contribution in [0.3, 0.4) is 0 Å². The number of sulfonamides is 1. The molecular formula is C29H46N6O13P2S. The van der Waals surface area contributed by atoms with Crippen LogP contribution in [0.5, 0.6) is 0 Å². The molecule has 19 nitrogen and oxygen atoms in total. The highest BCUT2D eigenvalue weighted by atomic mass is 32.2. The number of aliphatic carboxylic acids is 1. The van der Waals surface area contributed by atoms with E-state index in [-0.39, 0.29) is 18.1 Å². The number of hydrogen-bond acceptors (Lipinski definition) is 12. The third-order valence-electron chi connectivity index (χ3n) is 6.79. The number of aliphatic hydroxyl groups excluding tert-OH is 1. The minimum atomic E-state index is -4.78. The first kappa shape index (κ1) is 44.0. The Hall–Kier alpha value is -3.13. The Kier molecular flexibility index (Phi) is 18.5. The van der Waals surface area contributed by atoms with Crippen LogP contribution in [0.25, 0.3) is 0 Å². The maximum atomic E-state index is 13.3. The van der Waals surface area contributed by atoms with E-state index in [1.54, 1.807) is 29.0 Å². The highest BCUT2D eigenvalue weighted by Crippen LogP contribution is 2.50. The first-order chi connectivity index (χ1) is 24.0. The number of unbranched alkanes of at least 4 members (excludes halogenated alkanes) is 1. The normalized spacial score (nSPS) is 14.2. The van der Waals surface area contributed by atoms with E-state index in [0.717, 1.165) is 12.1 Å². The molecule has 3 unspecified atom stereocenters. The fraction of sp³-hybridized carbons (Fsp3) is 0.517. The van der Waals surface area contributed by atoms with Crippen LogP contribution in [0.4, 0.5) is 11.5 Å². The van der Waals surface area contributed by atoms with E-state index < -0.39 is 92.8 Å². The molecule has 2 aromatic rings. The first-order valence-electron chi connectivity index (χ1n) is 15.8. The number of rotatable bonds is 23. The molecule has 0 fully saturated rings. The second kappa shape index (κ2) is 21.4.